The van der Waals surface area contributed by atoms with Gasteiger partial charge in [-0.3, -0.25) is 0 Å². The van der Waals surface area contributed by atoms with Gasteiger partial charge in [0.05, 0.1) is 0 Å². The molecule has 0 aliphatic heterocycles. The van der Waals surface area contributed by atoms with Crippen molar-refractivity contribution in [1.29, 1.82) is 0 Å². The van der Waals surface area contributed by atoms with Gasteiger partial charge in [-0.05, 0) is 73.2 Å². The van der Waals surface area contributed by atoms with Crippen LogP contribution < -0.4 is 21.4 Å². The second-order valence-corrected chi connectivity index (χ2v) is 13.6. The van der Waals surface area contributed by atoms with E-state index < -0.39 is 26.7 Å². The number of rotatable bonds is 10. The molecule has 0 spiro atoms. The molecule has 2 heterocycles. The van der Waals surface area contributed by atoms with E-state index >= 15 is 0 Å². The van der Waals surface area contributed by atoms with Gasteiger partial charge in [0.1, 0.15) is 11.2 Å². The molecule has 2 N–H and O–H groups in total. The van der Waals surface area contributed by atoms with E-state index in [0.717, 1.165) is 33.0 Å². The van der Waals surface area contributed by atoms with Crippen molar-refractivity contribution in [2.45, 2.75) is 40.8 Å². The highest BCUT2D eigenvalue weighted by Crippen LogP contribution is 2.42. The first-order chi connectivity index (χ1) is 19.8. The molecule has 12 nitrogen and oxygen atoms in total. The topological polar surface area (TPSA) is 156 Å². The first kappa shape index (κ1) is 33.6. The van der Waals surface area contributed by atoms with Crippen LogP contribution >= 0.6 is 15.5 Å². The first-order valence-electron chi connectivity index (χ1n) is 12.8. The van der Waals surface area contributed by atoms with Crippen LogP contribution in [0.3, 0.4) is 0 Å². The molecule has 0 aliphatic carbocycles. The second kappa shape index (κ2) is 14.0. The number of hydrogen-bond donors (Lipinski definition) is 2. The third kappa shape index (κ3) is 8.12. The van der Waals surface area contributed by atoms with Gasteiger partial charge in [0.25, 0.3) is 0 Å². The fourth-order valence-corrected chi connectivity index (χ4v) is 5.96. The highest BCUT2D eigenvalue weighted by atomic mass is 31.2. The van der Waals surface area contributed by atoms with Crippen molar-refractivity contribution in [3.05, 3.63) is 90.6 Å². The standard InChI is InChI=1S/2C14H18NO5P/c2*1-9-5-10(2)14-12(6-9)11(7-13(16)20-14)8-15-21(17,18-3)19-4/h2*5-7H,8H2,1-4H3,(H,15,17). The molecule has 4 rings (SSSR count). The molecule has 0 aliphatic rings. The number of benzene rings is 2. The average molecular weight is 623 g/mol. The van der Waals surface area contributed by atoms with Crippen molar-refractivity contribution in [2.24, 2.45) is 0 Å². The van der Waals surface area contributed by atoms with E-state index in [9.17, 15) is 18.7 Å². The molecule has 228 valence electrons. The van der Waals surface area contributed by atoms with Gasteiger partial charge in [0.2, 0.25) is 0 Å². The van der Waals surface area contributed by atoms with Crippen molar-refractivity contribution in [3.63, 3.8) is 0 Å². The van der Waals surface area contributed by atoms with Crippen molar-refractivity contribution < 1.29 is 36.1 Å². The molecule has 0 fully saturated rings. The van der Waals surface area contributed by atoms with Gasteiger partial charge in [0.15, 0.2) is 0 Å². The third-order valence-corrected chi connectivity index (χ3v) is 9.42. The van der Waals surface area contributed by atoms with Crippen LogP contribution in [-0.2, 0) is 40.3 Å². The highest BCUT2D eigenvalue weighted by molar-refractivity contribution is 7.51. The molecule has 0 bridgehead atoms. The minimum Gasteiger partial charge on any atom is -0.422 e. The third-order valence-electron chi connectivity index (χ3n) is 6.41. The van der Waals surface area contributed by atoms with Crippen molar-refractivity contribution >= 4 is 37.4 Å². The summed E-state index contributed by atoms with van der Waals surface area (Å²) in [5.41, 5.74) is 5.41. The lowest BCUT2D eigenvalue weighted by molar-refractivity contribution is 0.263. The Morgan fingerprint density at radius 2 is 0.929 bits per heavy atom. The summed E-state index contributed by atoms with van der Waals surface area (Å²) in [6.45, 7) is 8.02. The Labute approximate surface area is 243 Å². The number of fused-ring (bicyclic) bond motifs is 2. The van der Waals surface area contributed by atoms with Gasteiger partial charge < -0.3 is 26.9 Å². The maximum Gasteiger partial charge on any atom is 0.405 e. The number of hydrogen-bond acceptors (Lipinski definition) is 10. The van der Waals surface area contributed by atoms with Gasteiger partial charge >= 0.3 is 26.7 Å². The zero-order valence-electron chi connectivity index (χ0n) is 24.9. The molecule has 0 radical (unpaired) electrons. The van der Waals surface area contributed by atoms with Gasteiger partial charge in [-0.1, -0.05) is 12.1 Å². The molecule has 42 heavy (non-hydrogen) atoms. The maximum absolute atomic E-state index is 12.0. The average Bonchev–Trinajstić information content (AvgIpc) is 2.95. The van der Waals surface area contributed by atoms with Crippen LogP contribution in [0, 0.1) is 27.7 Å². The Balaban J connectivity index is 0.000000230. The van der Waals surface area contributed by atoms with E-state index in [2.05, 4.69) is 10.2 Å². The van der Waals surface area contributed by atoms with Crippen LogP contribution in [0.5, 0.6) is 0 Å². The normalized spacial score (nSPS) is 12.0. The molecule has 2 aromatic heterocycles. The monoisotopic (exact) mass is 622 g/mol. The second-order valence-electron chi connectivity index (χ2n) is 9.49. The van der Waals surface area contributed by atoms with Crippen LogP contribution in [-0.4, -0.2) is 28.4 Å². The van der Waals surface area contributed by atoms with E-state index in [4.69, 9.17) is 26.9 Å². The largest absolute Gasteiger partial charge is 0.422 e. The summed E-state index contributed by atoms with van der Waals surface area (Å²) < 4.78 is 53.8. The SMILES string of the molecule is COP(=O)(NCc1cc(=O)oc2c(C)cc(C)cc12)OC.COP(=O)(NCc1cc(=O)oc2c(C)cc(C)cc12)OC. The number of aryl methyl sites for hydroxylation is 4. The van der Waals surface area contributed by atoms with Crippen LogP contribution in [0.4, 0.5) is 0 Å². The molecule has 2 aromatic carbocycles. The molecule has 0 amide bonds. The summed E-state index contributed by atoms with van der Waals surface area (Å²) in [7, 11) is -1.51. The Morgan fingerprint density at radius 3 is 1.24 bits per heavy atom. The summed E-state index contributed by atoms with van der Waals surface area (Å²) in [5.74, 6) is 0. The molecular weight excluding hydrogens is 586 g/mol. The Hall–Kier alpha value is -2.92. The van der Waals surface area contributed by atoms with Crippen LogP contribution in [0.25, 0.3) is 21.9 Å². The summed E-state index contributed by atoms with van der Waals surface area (Å²) in [5, 5.41) is 7.01. The van der Waals surface area contributed by atoms with E-state index in [1.807, 2.05) is 52.0 Å². The van der Waals surface area contributed by atoms with E-state index in [0.29, 0.717) is 22.3 Å². The van der Waals surface area contributed by atoms with Crippen LogP contribution in [0.1, 0.15) is 33.4 Å². The predicted molar refractivity (Wildman–Crippen MR) is 161 cm³/mol. The van der Waals surface area contributed by atoms with E-state index in [-0.39, 0.29) is 13.1 Å². The lowest BCUT2D eigenvalue weighted by Gasteiger charge is -2.15. The van der Waals surface area contributed by atoms with Crippen LogP contribution in [0.2, 0.25) is 0 Å². The fourth-order valence-electron chi connectivity index (χ4n) is 4.42. The molecular formula is C28H36N2O10P2. The molecule has 0 saturated heterocycles. The van der Waals surface area contributed by atoms with Gasteiger partial charge in [-0.25, -0.2) is 28.9 Å². The molecule has 0 unspecified atom stereocenters. The van der Waals surface area contributed by atoms with Gasteiger partial charge in [0, 0.05) is 64.4 Å². The molecule has 14 heteroatoms. The summed E-state index contributed by atoms with van der Waals surface area (Å²) >= 11 is 0. The van der Waals surface area contributed by atoms with E-state index in [1.54, 1.807) is 0 Å². The smallest absolute Gasteiger partial charge is 0.405 e. The fraction of sp³-hybridized carbons (Fsp3) is 0.357. The molecule has 0 atom stereocenters. The summed E-state index contributed by atoms with van der Waals surface area (Å²) in [6.07, 6.45) is 0. The zero-order valence-corrected chi connectivity index (χ0v) is 26.6. The Bertz CT molecular complexity index is 1650. The quantitative estimate of drug-likeness (QED) is 0.162. The van der Waals surface area contributed by atoms with Crippen molar-refractivity contribution in [1.82, 2.24) is 10.2 Å². The molecule has 0 saturated carbocycles. The lowest BCUT2D eigenvalue weighted by Crippen LogP contribution is -2.14. The van der Waals surface area contributed by atoms with Gasteiger partial charge in [-0.2, -0.15) is 0 Å². The van der Waals surface area contributed by atoms with Crippen molar-refractivity contribution in [2.75, 3.05) is 28.4 Å². The van der Waals surface area contributed by atoms with Crippen LogP contribution in [0.15, 0.2) is 54.8 Å². The first-order valence-corrected chi connectivity index (χ1v) is 15.9. The maximum atomic E-state index is 12.0. The highest BCUT2D eigenvalue weighted by Gasteiger charge is 2.22. The summed E-state index contributed by atoms with van der Waals surface area (Å²) in [4.78, 5) is 23.4. The minimum atomic E-state index is -3.35. The number of nitrogens with one attached hydrogen (secondary N) is 2. The lowest BCUT2D eigenvalue weighted by atomic mass is 10.0. The van der Waals surface area contributed by atoms with Gasteiger partial charge in [-0.15, -0.1) is 0 Å². The predicted octanol–water partition coefficient (Wildman–Crippen LogP) is 5.80. The van der Waals surface area contributed by atoms with E-state index in [1.165, 1.54) is 40.6 Å². The minimum absolute atomic E-state index is 0.171. The molecule has 4 aromatic rings. The Kier molecular flexibility index (Phi) is 11.2. The Morgan fingerprint density at radius 1 is 0.595 bits per heavy atom. The zero-order chi connectivity index (χ0) is 31.2. The summed E-state index contributed by atoms with van der Waals surface area (Å²) in [6, 6.07) is 10.5. The van der Waals surface area contributed by atoms with Crippen molar-refractivity contribution in [3.8, 4) is 0 Å².